The third kappa shape index (κ3) is 3.31. The molecule has 0 N–H and O–H groups in total. The van der Waals surface area contributed by atoms with Gasteiger partial charge in [0.25, 0.3) is 0 Å². The van der Waals surface area contributed by atoms with Crippen molar-refractivity contribution >= 4 is 5.91 Å². The molecule has 4 rings (SSSR count). The first-order valence-corrected chi connectivity index (χ1v) is 8.54. The second kappa shape index (κ2) is 6.89. The summed E-state index contributed by atoms with van der Waals surface area (Å²) >= 11 is 0. The fourth-order valence-corrected chi connectivity index (χ4v) is 3.48. The Bertz CT molecular complexity index is 845. The average molecular weight is 332 g/mol. The van der Waals surface area contributed by atoms with Crippen molar-refractivity contribution in [1.29, 1.82) is 0 Å². The molecule has 126 valence electrons. The summed E-state index contributed by atoms with van der Waals surface area (Å²) < 4.78 is 1.70. The van der Waals surface area contributed by atoms with Gasteiger partial charge in [0.15, 0.2) is 0 Å². The van der Waals surface area contributed by atoms with Crippen molar-refractivity contribution in [3.63, 3.8) is 0 Å². The summed E-state index contributed by atoms with van der Waals surface area (Å²) in [6.45, 7) is 1.96. The molecule has 0 radical (unpaired) electrons. The van der Waals surface area contributed by atoms with Gasteiger partial charge in [-0.2, -0.15) is 5.10 Å². The number of amides is 1. The first-order valence-electron chi connectivity index (χ1n) is 8.54. The molecule has 0 bridgehead atoms. The molecule has 0 saturated heterocycles. The molecule has 1 unspecified atom stereocenters. The van der Waals surface area contributed by atoms with E-state index in [1.54, 1.807) is 11.0 Å². The Morgan fingerprint density at radius 1 is 1.08 bits per heavy atom. The summed E-state index contributed by atoms with van der Waals surface area (Å²) in [4.78, 5) is 18.6. The highest BCUT2D eigenvalue weighted by atomic mass is 16.2. The van der Waals surface area contributed by atoms with Gasteiger partial charge in [-0.1, -0.05) is 54.6 Å². The summed E-state index contributed by atoms with van der Waals surface area (Å²) in [5, 5.41) is 4.07. The van der Waals surface area contributed by atoms with Crippen LogP contribution in [-0.2, 0) is 17.9 Å². The van der Waals surface area contributed by atoms with E-state index in [9.17, 15) is 4.79 Å². The lowest BCUT2D eigenvalue weighted by molar-refractivity contribution is -0.132. The minimum atomic E-state index is 0.158. The topological polar surface area (TPSA) is 51.0 Å². The zero-order chi connectivity index (χ0) is 17.1. The second-order valence-electron chi connectivity index (χ2n) is 6.34. The van der Waals surface area contributed by atoms with Crippen LogP contribution in [-0.4, -0.2) is 32.1 Å². The number of hydrogen-bond donors (Lipinski definition) is 0. The molecule has 5 heteroatoms. The van der Waals surface area contributed by atoms with E-state index in [1.165, 1.54) is 23.0 Å². The van der Waals surface area contributed by atoms with Crippen LogP contribution in [0.1, 0.15) is 29.0 Å². The summed E-state index contributed by atoms with van der Waals surface area (Å²) in [5.41, 5.74) is 3.81. The van der Waals surface area contributed by atoms with E-state index in [4.69, 9.17) is 0 Å². The van der Waals surface area contributed by atoms with Gasteiger partial charge >= 0.3 is 0 Å². The molecule has 0 aliphatic carbocycles. The van der Waals surface area contributed by atoms with Crippen molar-refractivity contribution in [2.45, 2.75) is 25.4 Å². The zero-order valence-electron chi connectivity index (χ0n) is 14.0. The van der Waals surface area contributed by atoms with Gasteiger partial charge in [-0.3, -0.25) is 9.48 Å². The number of carbonyl (C=O) groups excluding carboxylic acids is 1. The molecule has 25 heavy (non-hydrogen) atoms. The SMILES string of the molecule is O=C(CCn1cncn1)N1Cc2ccccc2C(c2ccccc2)C1. The number of nitrogens with zero attached hydrogens (tertiary/aromatic N) is 4. The van der Waals surface area contributed by atoms with E-state index < -0.39 is 0 Å². The van der Waals surface area contributed by atoms with Crippen molar-refractivity contribution < 1.29 is 4.79 Å². The van der Waals surface area contributed by atoms with Gasteiger partial charge in [0, 0.05) is 25.4 Å². The lowest BCUT2D eigenvalue weighted by atomic mass is 9.84. The van der Waals surface area contributed by atoms with Crippen molar-refractivity contribution in [3.05, 3.63) is 83.9 Å². The molecule has 1 amide bonds. The van der Waals surface area contributed by atoms with Crippen LogP contribution >= 0.6 is 0 Å². The lowest BCUT2D eigenvalue weighted by Gasteiger charge is -2.35. The van der Waals surface area contributed by atoms with E-state index in [0.717, 1.165) is 6.54 Å². The van der Waals surface area contributed by atoms with E-state index in [1.807, 2.05) is 17.0 Å². The smallest absolute Gasteiger partial charge is 0.224 e. The molecule has 0 saturated carbocycles. The number of aromatic nitrogens is 3. The van der Waals surface area contributed by atoms with Crippen LogP contribution in [0.15, 0.2) is 67.3 Å². The summed E-state index contributed by atoms with van der Waals surface area (Å²) in [6.07, 6.45) is 3.58. The fourth-order valence-electron chi connectivity index (χ4n) is 3.48. The second-order valence-corrected chi connectivity index (χ2v) is 6.34. The third-order valence-corrected chi connectivity index (χ3v) is 4.77. The lowest BCUT2D eigenvalue weighted by Crippen LogP contribution is -2.39. The van der Waals surface area contributed by atoms with Crippen molar-refractivity contribution in [3.8, 4) is 0 Å². The van der Waals surface area contributed by atoms with Gasteiger partial charge in [-0.15, -0.1) is 0 Å². The maximum Gasteiger partial charge on any atom is 0.224 e. The minimum absolute atomic E-state index is 0.158. The molecule has 0 spiro atoms. The Hall–Kier alpha value is -2.95. The summed E-state index contributed by atoms with van der Waals surface area (Å²) in [7, 11) is 0. The largest absolute Gasteiger partial charge is 0.337 e. The first kappa shape index (κ1) is 15.6. The van der Waals surface area contributed by atoms with Crippen LogP contribution in [0, 0.1) is 0 Å². The van der Waals surface area contributed by atoms with E-state index in [2.05, 4.69) is 52.5 Å². The molecular formula is C20H20N4O. The van der Waals surface area contributed by atoms with Gasteiger partial charge < -0.3 is 4.90 Å². The quantitative estimate of drug-likeness (QED) is 0.738. The van der Waals surface area contributed by atoms with Crippen molar-refractivity contribution in [2.24, 2.45) is 0 Å². The predicted molar refractivity (Wildman–Crippen MR) is 94.8 cm³/mol. The zero-order valence-corrected chi connectivity index (χ0v) is 14.0. The molecule has 2 aromatic carbocycles. The highest BCUT2D eigenvalue weighted by Crippen LogP contribution is 2.33. The Balaban J connectivity index is 1.56. The average Bonchev–Trinajstić information content (AvgIpc) is 3.19. The Morgan fingerprint density at radius 3 is 2.68 bits per heavy atom. The van der Waals surface area contributed by atoms with Crippen LogP contribution in [0.25, 0.3) is 0 Å². The van der Waals surface area contributed by atoms with Gasteiger partial charge in [0.05, 0.1) is 6.54 Å². The van der Waals surface area contributed by atoms with Gasteiger partial charge in [0.2, 0.25) is 5.91 Å². The number of rotatable bonds is 4. The Kier molecular flexibility index (Phi) is 4.29. The standard InChI is InChI=1S/C20H20N4O/c25-20(10-11-24-15-21-14-22-24)23-12-17-8-4-5-9-18(17)19(13-23)16-6-2-1-3-7-16/h1-9,14-15,19H,10-13H2. The van der Waals surface area contributed by atoms with E-state index in [-0.39, 0.29) is 11.8 Å². The van der Waals surface area contributed by atoms with E-state index >= 15 is 0 Å². The van der Waals surface area contributed by atoms with Crippen molar-refractivity contribution in [2.75, 3.05) is 6.54 Å². The number of fused-ring (bicyclic) bond motifs is 1. The molecule has 2 heterocycles. The number of benzene rings is 2. The van der Waals surface area contributed by atoms with Crippen LogP contribution in [0.2, 0.25) is 0 Å². The Morgan fingerprint density at radius 2 is 1.88 bits per heavy atom. The summed E-state index contributed by atoms with van der Waals surface area (Å²) in [6, 6.07) is 18.9. The molecule has 1 aliphatic rings. The van der Waals surface area contributed by atoms with Gasteiger partial charge in [-0.05, 0) is 16.7 Å². The van der Waals surface area contributed by atoms with E-state index in [0.29, 0.717) is 19.5 Å². The van der Waals surface area contributed by atoms with Crippen LogP contribution in [0.3, 0.4) is 0 Å². The number of carbonyl (C=O) groups is 1. The molecule has 1 aliphatic heterocycles. The maximum atomic E-state index is 12.7. The number of aryl methyl sites for hydroxylation is 1. The first-order chi connectivity index (χ1) is 12.3. The predicted octanol–water partition coefficient (Wildman–Crippen LogP) is 2.84. The molecule has 5 nitrogen and oxygen atoms in total. The maximum absolute atomic E-state index is 12.7. The van der Waals surface area contributed by atoms with Crippen LogP contribution in [0.5, 0.6) is 0 Å². The molecular weight excluding hydrogens is 312 g/mol. The molecule has 1 aromatic heterocycles. The normalized spacial score (nSPS) is 16.5. The van der Waals surface area contributed by atoms with Crippen LogP contribution in [0.4, 0.5) is 0 Å². The molecule has 3 aromatic rings. The third-order valence-electron chi connectivity index (χ3n) is 4.77. The number of hydrogen-bond acceptors (Lipinski definition) is 3. The highest BCUT2D eigenvalue weighted by molar-refractivity contribution is 5.76. The van der Waals surface area contributed by atoms with Gasteiger partial charge in [-0.25, -0.2) is 4.98 Å². The Labute approximate surface area is 146 Å². The summed E-state index contributed by atoms with van der Waals surface area (Å²) in [5.74, 6) is 0.382. The fraction of sp³-hybridized carbons (Fsp3) is 0.250. The monoisotopic (exact) mass is 332 g/mol. The van der Waals surface area contributed by atoms with Crippen molar-refractivity contribution in [1.82, 2.24) is 19.7 Å². The molecule has 0 fully saturated rings. The molecule has 1 atom stereocenters. The highest BCUT2D eigenvalue weighted by Gasteiger charge is 2.28. The van der Waals surface area contributed by atoms with Gasteiger partial charge in [0.1, 0.15) is 12.7 Å². The van der Waals surface area contributed by atoms with Crippen LogP contribution < -0.4 is 0 Å². The minimum Gasteiger partial charge on any atom is -0.337 e.